The molecule has 1 aliphatic carbocycles. The number of carbonyl (C=O) groups is 1. The number of hydrogen-bond acceptors (Lipinski definition) is 5. The quantitative estimate of drug-likeness (QED) is 0.610. The van der Waals surface area contributed by atoms with Crippen molar-refractivity contribution in [3.8, 4) is 5.75 Å². The lowest BCUT2D eigenvalue weighted by Crippen LogP contribution is -2.38. The van der Waals surface area contributed by atoms with Crippen molar-refractivity contribution in [2.45, 2.75) is 70.0 Å². The maximum Gasteiger partial charge on any atom is 0.418 e. The fraction of sp³-hybridized carbons (Fsp3) is 0.480. The lowest BCUT2D eigenvalue weighted by molar-refractivity contribution is -0.0140. The number of carbonyl (C=O) groups excluding carboxylic acids is 1. The minimum atomic E-state index is -0.911. The Labute approximate surface area is 184 Å². The van der Waals surface area contributed by atoms with Gasteiger partial charge in [-0.1, -0.05) is 25.3 Å². The molecule has 0 saturated heterocycles. The van der Waals surface area contributed by atoms with E-state index in [1.165, 1.54) is 4.90 Å². The summed E-state index contributed by atoms with van der Waals surface area (Å²) in [6.07, 6.45) is 9.07. The van der Waals surface area contributed by atoms with Crippen molar-refractivity contribution >= 4 is 11.8 Å². The Kier molecular flexibility index (Phi) is 7.11. The van der Waals surface area contributed by atoms with Crippen LogP contribution in [0.15, 0.2) is 59.4 Å². The van der Waals surface area contributed by atoms with Crippen molar-refractivity contribution in [1.29, 1.82) is 0 Å². The van der Waals surface area contributed by atoms with E-state index < -0.39 is 17.3 Å². The summed E-state index contributed by atoms with van der Waals surface area (Å²) in [5.41, 5.74) is -0.913. The summed E-state index contributed by atoms with van der Waals surface area (Å²) < 4.78 is 16.5. The standard InChI is InChI=1S/C25H33NO5/c1-24(2,3)31-23(27)26(19-10-12-20(29-4)13-11-19)17-14-21(22-9-8-18-30-22)25(28)15-6-5-7-16-25/h8-14,17-18,21,28H,5-7,15-16H2,1-4H3/b17-14-/t21-/m1/s1. The van der Waals surface area contributed by atoms with E-state index in [4.69, 9.17) is 13.9 Å². The summed E-state index contributed by atoms with van der Waals surface area (Å²) in [5, 5.41) is 11.4. The molecule has 3 rings (SSSR count). The van der Waals surface area contributed by atoms with Gasteiger partial charge in [0.05, 0.1) is 30.6 Å². The lowest BCUT2D eigenvalue weighted by Gasteiger charge is -2.37. The second-order valence-electron chi connectivity index (χ2n) is 9.05. The fourth-order valence-corrected chi connectivity index (χ4v) is 3.96. The number of rotatable bonds is 6. The van der Waals surface area contributed by atoms with Crippen LogP contribution in [0.4, 0.5) is 10.5 Å². The van der Waals surface area contributed by atoms with Gasteiger partial charge in [-0.3, -0.25) is 4.90 Å². The highest BCUT2D eigenvalue weighted by Crippen LogP contribution is 2.41. The van der Waals surface area contributed by atoms with Crippen LogP contribution in [0.5, 0.6) is 5.75 Å². The van der Waals surface area contributed by atoms with Crippen molar-refractivity contribution in [2.75, 3.05) is 12.0 Å². The third-order valence-electron chi connectivity index (χ3n) is 5.52. The number of methoxy groups -OCH3 is 1. The van der Waals surface area contributed by atoms with Crippen LogP contribution in [-0.2, 0) is 4.74 Å². The van der Waals surface area contributed by atoms with Crippen LogP contribution in [0, 0.1) is 0 Å². The van der Waals surface area contributed by atoms with E-state index in [0.29, 0.717) is 30.0 Å². The Bertz CT molecular complexity index is 858. The van der Waals surface area contributed by atoms with Gasteiger partial charge in [0.15, 0.2) is 0 Å². The van der Waals surface area contributed by atoms with E-state index in [0.717, 1.165) is 19.3 Å². The molecular weight excluding hydrogens is 394 g/mol. The van der Waals surface area contributed by atoms with Gasteiger partial charge in [0, 0.05) is 6.20 Å². The summed E-state index contributed by atoms with van der Waals surface area (Å²) in [6.45, 7) is 5.49. The van der Waals surface area contributed by atoms with Gasteiger partial charge in [0.25, 0.3) is 0 Å². The van der Waals surface area contributed by atoms with Crippen LogP contribution in [0.1, 0.15) is 64.6 Å². The first-order valence-corrected chi connectivity index (χ1v) is 10.8. The molecule has 0 aliphatic heterocycles. The molecule has 0 spiro atoms. The van der Waals surface area contributed by atoms with E-state index in [2.05, 4.69) is 0 Å². The van der Waals surface area contributed by atoms with Gasteiger partial charge in [0.1, 0.15) is 17.1 Å². The first-order valence-electron chi connectivity index (χ1n) is 10.8. The van der Waals surface area contributed by atoms with Gasteiger partial charge in [-0.25, -0.2) is 4.79 Å². The largest absolute Gasteiger partial charge is 0.497 e. The molecule has 1 amide bonds. The van der Waals surface area contributed by atoms with Crippen molar-refractivity contribution in [3.05, 3.63) is 60.7 Å². The molecule has 0 radical (unpaired) electrons. The molecule has 168 valence electrons. The maximum absolute atomic E-state index is 13.0. The lowest BCUT2D eigenvalue weighted by atomic mass is 9.74. The molecule has 1 N–H and O–H groups in total. The molecule has 1 aliphatic rings. The zero-order valence-corrected chi connectivity index (χ0v) is 18.8. The smallest absolute Gasteiger partial charge is 0.418 e. The molecule has 1 aromatic carbocycles. The van der Waals surface area contributed by atoms with Crippen molar-refractivity contribution < 1.29 is 23.8 Å². The Hall–Kier alpha value is -2.73. The minimum absolute atomic E-state index is 0.369. The van der Waals surface area contributed by atoms with Crippen LogP contribution < -0.4 is 9.64 Å². The number of furan rings is 1. The molecule has 1 aromatic heterocycles. The molecule has 0 bridgehead atoms. The Morgan fingerprint density at radius 3 is 2.39 bits per heavy atom. The molecule has 6 nitrogen and oxygen atoms in total. The zero-order valence-electron chi connectivity index (χ0n) is 18.8. The molecule has 0 unspecified atom stereocenters. The molecule has 31 heavy (non-hydrogen) atoms. The highest BCUT2D eigenvalue weighted by atomic mass is 16.6. The minimum Gasteiger partial charge on any atom is -0.497 e. The normalized spacial score (nSPS) is 17.3. The third kappa shape index (κ3) is 5.91. The van der Waals surface area contributed by atoms with E-state index >= 15 is 0 Å². The Morgan fingerprint density at radius 2 is 1.84 bits per heavy atom. The average molecular weight is 428 g/mol. The Morgan fingerprint density at radius 1 is 1.16 bits per heavy atom. The second kappa shape index (κ2) is 9.60. The summed E-state index contributed by atoms with van der Waals surface area (Å²) in [4.78, 5) is 14.5. The highest BCUT2D eigenvalue weighted by Gasteiger charge is 2.39. The third-order valence-corrected chi connectivity index (χ3v) is 5.52. The van der Waals surface area contributed by atoms with Crippen LogP contribution in [0.2, 0.25) is 0 Å². The number of anilines is 1. The number of hydrogen-bond donors (Lipinski definition) is 1. The van der Waals surface area contributed by atoms with Gasteiger partial charge in [-0.05, 0) is 70.0 Å². The van der Waals surface area contributed by atoms with E-state index in [-0.39, 0.29) is 5.92 Å². The number of benzene rings is 1. The fourth-order valence-electron chi connectivity index (χ4n) is 3.96. The highest BCUT2D eigenvalue weighted by molar-refractivity contribution is 5.90. The van der Waals surface area contributed by atoms with E-state index in [1.807, 2.05) is 39.0 Å². The molecule has 1 atom stereocenters. The van der Waals surface area contributed by atoms with Gasteiger partial charge in [-0.2, -0.15) is 0 Å². The zero-order chi connectivity index (χ0) is 22.5. The molecule has 2 aromatic rings. The molecule has 1 saturated carbocycles. The predicted molar refractivity (Wildman–Crippen MR) is 120 cm³/mol. The van der Waals surface area contributed by atoms with Crippen LogP contribution >= 0.6 is 0 Å². The predicted octanol–water partition coefficient (Wildman–Crippen LogP) is 6.02. The average Bonchev–Trinajstić information content (AvgIpc) is 3.24. The molecule has 1 heterocycles. The van der Waals surface area contributed by atoms with Gasteiger partial charge < -0.3 is 19.0 Å². The van der Waals surface area contributed by atoms with Gasteiger partial charge >= 0.3 is 6.09 Å². The van der Waals surface area contributed by atoms with Gasteiger partial charge in [-0.15, -0.1) is 0 Å². The second-order valence-corrected chi connectivity index (χ2v) is 9.05. The summed E-state index contributed by atoms with van der Waals surface area (Å²) >= 11 is 0. The molecule has 1 fully saturated rings. The molecular formula is C25H33NO5. The van der Waals surface area contributed by atoms with Crippen molar-refractivity contribution in [2.24, 2.45) is 0 Å². The van der Waals surface area contributed by atoms with Crippen molar-refractivity contribution in [3.63, 3.8) is 0 Å². The maximum atomic E-state index is 13.0. The molecule has 6 heteroatoms. The Balaban J connectivity index is 1.95. The first-order chi connectivity index (χ1) is 14.7. The summed E-state index contributed by atoms with van der Waals surface area (Å²) in [5.74, 6) is 1.01. The van der Waals surface area contributed by atoms with Crippen molar-refractivity contribution in [1.82, 2.24) is 0 Å². The van der Waals surface area contributed by atoms with E-state index in [9.17, 15) is 9.90 Å². The number of aliphatic hydroxyl groups is 1. The summed E-state index contributed by atoms with van der Waals surface area (Å²) in [7, 11) is 1.60. The van der Waals surface area contributed by atoms with Gasteiger partial charge in [0.2, 0.25) is 0 Å². The van der Waals surface area contributed by atoms with Crippen LogP contribution in [-0.4, -0.2) is 29.5 Å². The number of nitrogens with zero attached hydrogens (tertiary/aromatic N) is 1. The number of amides is 1. The number of ether oxygens (including phenoxy) is 2. The first kappa shape index (κ1) is 22.9. The van der Waals surface area contributed by atoms with E-state index in [1.54, 1.807) is 43.8 Å². The van der Waals surface area contributed by atoms with Crippen LogP contribution in [0.25, 0.3) is 0 Å². The van der Waals surface area contributed by atoms with Crippen LogP contribution in [0.3, 0.4) is 0 Å². The monoisotopic (exact) mass is 427 g/mol. The SMILES string of the molecule is COc1ccc(N(/C=C\[C@H](c2ccco2)C2(O)CCCCC2)C(=O)OC(C)(C)C)cc1. The topological polar surface area (TPSA) is 72.1 Å². The summed E-state index contributed by atoms with van der Waals surface area (Å²) in [6, 6.07) is 10.9.